The van der Waals surface area contributed by atoms with E-state index >= 15 is 0 Å². The molecule has 4 rings (SSSR count). The van der Waals surface area contributed by atoms with E-state index in [0.29, 0.717) is 12.0 Å². The largest absolute Gasteiger partial charge is 0.372 e. The predicted octanol–water partition coefficient (Wildman–Crippen LogP) is 3.36. The van der Waals surface area contributed by atoms with Crippen molar-refractivity contribution in [2.24, 2.45) is 0 Å². The number of fused-ring (bicyclic) bond motifs is 1. The Morgan fingerprint density at radius 2 is 1.87 bits per heavy atom. The van der Waals surface area contributed by atoms with Crippen molar-refractivity contribution in [3.63, 3.8) is 0 Å². The number of nitrogens with zero attached hydrogens (tertiary/aromatic N) is 1. The summed E-state index contributed by atoms with van der Waals surface area (Å²) >= 11 is 0. The summed E-state index contributed by atoms with van der Waals surface area (Å²) in [6.45, 7) is 3.83. The molecular formula is C24H26N2O4S. The Kier molecular flexibility index (Phi) is 5.73. The zero-order valence-electron chi connectivity index (χ0n) is 17.6. The van der Waals surface area contributed by atoms with Gasteiger partial charge in [0.25, 0.3) is 5.91 Å². The number of carbonyl (C=O) groups is 1. The summed E-state index contributed by atoms with van der Waals surface area (Å²) in [4.78, 5) is 17.6. The topological polar surface area (TPSA) is 90.5 Å². The van der Waals surface area contributed by atoms with Gasteiger partial charge in [-0.05, 0) is 50.5 Å². The van der Waals surface area contributed by atoms with Crippen LogP contribution in [-0.2, 0) is 21.1 Å². The lowest BCUT2D eigenvalue weighted by atomic mass is 10.0. The van der Waals surface area contributed by atoms with Crippen LogP contribution in [0.5, 0.6) is 0 Å². The van der Waals surface area contributed by atoms with Crippen LogP contribution in [0, 0.1) is 6.92 Å². The molecule has 1 aromatic heterocycles. The van der Waals surface area contributed by atoms with E-state index in [1.807, 2.05) is 37.4 Å². The van der Waals surface area contributed by atoms with Gasteiger partial charge in [-0.3, -0.25) is 4.79 Å². The molecule has 2 N–H and O–H groups in total. The van der Waals surface area contributed by atoms with E-state index in [1.165, 1.54) is 4.90 Å². The summed E-state index contributed by atoms with van der Waals surface area (Å²) in [6.07, 6.45) is 2.62. The molecule has 162 valence electrons. The lowest BCUT2D eigenvalue weighted by Gasteiger charge is -2.38. The number of hydrogen-bond acceptors (Lipinski definition) is 4. The number of allylic oxidation sites excluding steroid dienone is 1. The highest BCUT2D eigenvalue weighted by Gasteiger charge is 2.44. The van der Waals surface area contributed by atoms with Crippen molar-refractivity contribution in [3.05, 3.63) is 77.5 Å². The molecule has 7 heteroatoms. The summed E-state index contributed by atoms with van der Waals surface area (Å²) in [7, 11) is -3.83. The second-order valence-electron chi connectivity index (χ2n) is 7.94. The maximum Gasteiger partial charge on any atom is 0.251 e. The Hall–Kier alpha value is -2.90. The van der Waals surface area contributed by atoms with Gasteiger partial charge in [-0.25, -0.2) is 8.42 Å². The van der Waals surface area contributed by atoms with Crippen LogP contribution in [0.25, 0.3) is 10.9 Å². The number of aromatic amines is 1. The van der Waals surface area contributed by atoms with Crippen LogP contribution < -0.4 is 0 Å². The molecule has 1 aliphatic heterocycles. The average molecular weight is 439 g/mol. The molecule has 31 heavy (non-hydrogen) atoms. The number of likely N-dealkylation sites (tertiary alicyclic amines) is 1. The Balaban J connectivity index is 1.62. The van der Waals surface area contributed by atoms with Gasteiger partial charge in [-0.15, -0.1) is 0 Å². The molecule has 2 heterocycles. The minimum atomic E-state index is -3.83. The van der Waals surface area contributed by atoms with Gasteiger partial charge in [0.2, 0.25) is 0 Å². The number of sulfone groups is 1. The molecule has 2 unspecified atom stereocenters. The average Bonchev–Trinajstić information content (AvgIpc) is 3.17. The second-order valence-corrected chi connectivity index (χ2v) is 10.1. The minimum absolute atomic E-state index is 0.00368. The monoisotopic (exact) mass is 438 g/mol. The number of rotatable bonds is 5. The van der Waals surface area contributed by atoms with Crippen LogP contribution in [0.1, 0.15) is 24.5 Å². The van der Waals surface area contributed by atoms with Crippen molar-refractivity contribution in [1.29, 1.82) is 0 Å². The lowest BCUT2D eigenvalue weighted by Crippen LogP contribution is -2.55. The molecule has 1 aliphatic rings. The Morgan fingerprint density at radius 1 is 1.16 bits per heavy atom. The number of H-pyrrole nitrogens is 1. The van der Waals surface area contributed by atoms with E-state index in [1.54, 1.807) is 37.3 Å². The molecule has 0 bridgehead atoms. The van der Waals surface area contributed by atoms with Crippen LogP contribution >= 0.6 is 0 Å². The van der Waals surface area contributed by atoms with Gasteiger partial charge in [0, 0.05) is 29.2 Å². The quantitative estimate of drug-likeness (QED) is 0.598. The Bertz CT molecular complexity index is 1240. The van der Waals surface area contributed by atoms with Crippen molar-refractivity contribution >= 4 is 26.6 Å². The number of aliphatic hydroxyl groups is 1. The van der Waals surface area contributed by atoms with Crippen LogP contribution in [0.2, 0.25) is 0 Å². The molecule has 0 radical (unpaired) electrons. The van der Waals surface area contributed by atoms with Gasteiger partial charge in [-0.2, -0.15) is 0 Å². The number of piperidine rings is 1. The third-order valence-corrected chi connectivity index (χ3v) is 8.14. The highest BCUT2D eigenvalue weighted by Crippen LogP contribution is 2.31. The smallest absolute Gasteiger partial charge is 0.251 e. The van der Waals surface area contributed by atoms with Crippen molar-refractivity contribution in [3.8, 4) is 0 Å². The van der Waals surface area contributed by atoms with Gasteiger partial charge in [0.05, 0.1) is 4.90 Å². The van der Waals surface area contributed by atoms with Gasteiger partial charge < -0.3 is 15.0 Å². The maximum absolute atomic E-state index is 13.3. The molecule has 1 amide bonds. The first-order valence-electron chi connectivity index (χ1n) is 10.3. The van der Waals surface area contributed by atoms with Crippen molar-refractivity contribution in [1.82, 2.24) is 9.88 Å². The summed E-state index contributed by atoms with van der Waals surface area (Å²) in [6, 6.07) is 14.4. The van der Waals surface area contributed by atoms with Gasteiger partial charge in [-0.1, -0.05) is 42.0 Å². The predicted molar refractivity (Wildman–Crippen MR) is 120 cm³/mol. The van der Waals surface area contributed by atoms with Gasteiger partial charge in [0.15, 0.2) is 9.84 Å². The fourth-order valence-corrected chi connectivity index (χ4v) is 5.87. The first kappa shape index (κ1) is 21.3. The molecule has 3 aromatic rings. The van der Waals surface area contributed by atoms with Crippen LogP contribution in [-0.4, -0.2) is 47.3 Å². The van der Waals surface area contributed by atoms with Crippen molar-refractivity contribution < 1.29 is 18.3 Å². The highest BCUT2D eigenvalue weighted by molar-refractivity contribution is 7.92. The van der Waals surface area contributed by atoms with Crippen molar-refractivity contribution in [2.75, 3.05) is 6.54 Å². The molecule has 0 aliphatic carbocycles. The van der Waals surface area contributed by atoms with E-state index < -0.39 is 21.3 Å². The number of amides is 1. The fourth-order valence-electron chi connectivity index (χ4n) is 4.14. The zero-order chi connectivity index (χ0) is 22.2. The minimum Gasteiger partial charge on any atom is -0.372 e. The summed E-state index contributed by atoms with van der Waals surface area (Å²) < 4.78 is 26.6. The number of aromatic nitrogens is 1. The third-order valence-electron chi connectivity index (χ3n) is 6.00. The first-order chi connectivity index (χ1) is 14.8. The number of nitrogens with one attached hydrogen (secondary N) is 1. The van der Waals surface area contributed by atoms with E-state index in [4.69, 9.17) is 0 Å². The molecule has 2 aromatic carbocycles. The molecule has 0 spiro atoms. The van der Waals surface area contributed by atoms with E-state index in [2.05, 4.69) is 4.98 Å². The Morgan fingerprint density at radius 3 is 2.58 bits per heavy atom. The standard InChI is InChI=1S/C24H26N2O4S/c1-3-17-14-22(31(29,30)19-10-8-16(2)9-11-19)24(28)26(23(17)27)13-12-18-15-25-21-7-5-4-6-20(18)21/h3-11,15,22,24-25,28H,12-14H2,1-2H3/b17-3+. The summed E-state index contributed by atoms with van der Waals surface area (Å²) in [5.74, 6) is -0.315. The molecule has 1 saturated heterocycles. The van der Waals surface area contributed by atoms with E-state index in [-0.39, 0.29) is 23.8 Å². The number of aliphatic hydroxyl groups excluding tert-OH is 1. The maximum atomic E-state index is 13.3. The molecular weight excluding hydrogens is 412 g/mol. The summed E-state index contributed by atoms with van der Waals surface area (Å²) in [5.41, 5.74) is 3.37. The number of aryl methyl sites for hydroxylation is 1. The molecule has 2 atom stereocenters. The fraction of sp³-hybridized carbons (Fsp3) is 0.292. The molecule has 6 nitrogen and oxygen atoms in total. The normalized spacial score (nSPS) is 21.2. The lowest BCUT2D eigenvalue weighted by molar-refractivity contribution is -0.140. The van der Waals surface area contributed by atoms with Crippen LogP contribution in [0.3, 0.4) is 0 Å². The Labute approximate surface area is 182 Å². The number of para-hydroxylation sites is 1. The number of hydrogen-bond donors (Lipinski definition) is 2. The SMILES string of the molecule is C/C=C1\CC(S(=O)(=O)c2ccc(C)cc2)C(O)N(CCc2c[nH]c3ccccc23)C1=O. The molecule has 0 saturated carbocycles. The van der Waals surface area contributed by atoms with Crippen LogP contribution in [0.15, 0.2) is 71.3 Å². The van der Waals surface area contributed by atoms with E-state index in [9.17, 15) is 18.3 Å². The van der Waals surface area contributed by atoms with Crippen molar-refractivity contribution in [2.45, 2.75) is 43.1 Å². The number of carbonyl (C=O) groups excluding carboxylic acids is 1. The number of benzene rings is 2. The first-order valence-corrected chi connectivity index (χ1v) is 11.9. The van der Waals surface area contributed by atoms with E-state index in [0.717, 1.165) is 22.0 Å². The van der Waals surface area contributed by atoms with Crippen LogP contribution in [0.4, 0.5) is 0 Å². The van der Waals surface area contributed by atoms with Gasteiger partial charge >= 0.3 is 0 Å². The molecule has 1 fully saturated rings. The third kappa shape index (κ3) is 3.91. The second kappa shape index (κ2) is 8.32. The summed E-state index contributed by atoms with van der Waals surface area (Å²) in [5, 5.41) is 10.9. The highest BCUT2D eigenvalue weighted by atomic mass is 32.2. The van der Waals surface area contributed by atoms with Gasteiger partial charge in [0.1, 0.15) is 11.5 Å². The zero-order valence-corrected chi connectivity index (χ0v) is 18.4.